The van der Waals surface area contributed by atoms with E-state index in [1.54, 1.807) is 12.1 Å². The molecule has 0 aliphatic carbocycles. The van der Waals surface area contributed by atoms with E-state index >= 15 is 0 Å². The van der Waals surface area contributed by atoms with Crippen LogP contribution in [0.25, 0.3) is 43.8 Å². The van der Waals surface area contributed by atoms with E-state index < -0.39 is 9.84 Å². The van der Waals surface area contributed by atoms with Crippen LogP contribution in [0.1, 0.15) is 5.56 Å². The summed E-state index contributed by atoms with van der Waals surface area (Å²) in [5, 5.41) is 4.22. The smallest absolute Gasteiger partial charge is 0.207 e. The fraction of sp³-hybridized carbons (Fsp3) is 0.0303. The first-order valence-corrected chi connectivity index (χ1v) is 13.4. The fourth-order valence-electron chi connectivity index (χ4n) is 4.91. The van der Waals surface area contributed by atoms with Crippen molar-refractivity contribution in [3.8, 4) is 22.3 Å². The molecule has 2 nitrogen and oxygen atoms in total. The molecule has 0 N–H and O–H groups in total. The van der Waals surface area contributed by atoms with Crippen molar-refractivity contribution in [1.29, 1.82) is 0 Å². The van der Waals surface area contributed by atoms with Gasteiger partial charge in [-0.3, -0.25) is 0 Å². The largest absolute Gasteiger partial charge is 0.218 e. The molecule has 3 heteroatoms. The highest BCUT2D eigenvalue weighted by atomic mass is 32.2. The minimum Gasteiger partial charge on any atom is -0.218 e. The van der Waals surface area contributed by atoms with Crippen molar-refractivity contribution >= 4 is 31.4 Å². The quantitative estimate of drug-likeness (QED) is 0.235. The standard InChI is InChI=1S/C33H24O2S/c1-23-15-18-28(19-16-23)36(34,35)32-22-25(24-9-3-2-4-10-24)17-20-31(32)33-29-13-7-5-11-26(29)21-27-12-6-8-14-30(27)33/h2-22H,1H3. The number of hydrogen-bond acceptors (Lipinski definition) is 2. The highest BCUT2D eigenvalue weighted by Crippen LogP contribution is 2.42. The summed E-state index contributed by atoms with van der Waals surface area (Å²) in [7, 11) is -3.80. The van der Waals surface area contributed by atoms with Gasteiger partial charge < -0.3 is 0 Å². The van der Waals surface area contributed by atoms with Gasteiger partial charge in [0.2, 0.25) is 9.84 Å². The Bertz CT molecular complexity index is 1780. The molecule has 0 atom stereocenters. The molecule has 0 aliphatic rings. The van der Waals surface area contributed by atoms with Gasteiger partial charge in [0.05, 0.1) is 9.79 Å². The molecule has 36 heavy (non-hydrogen) atoms. The highest BCUT2D eigenvalue weighted by molar-refractivity contribution is 7.91. The maximum Gasteiger partial charge on any atom is 0.207 e. The SMILES string of the molecule is Cc1ccc(S(=O)(=O)c2cc(-c3ccccc3)ccc2-c2c3ccccc3cc3ccccc23)cc1. The Morgan fingerprint density at radius 1 is 0.528 bits per heavy atom. The first-order valence-electron chi connectivity index (χ1n) is 11.9. The van der Waals surface area contributed by atoms with Gasteiger partial charge in [-0.2, -0.15) is 0 Å². The topological polar surface area (TPSA) is 34.1 Å². The molecule has 0 saturated heterocycles. The van der Waals surface area contributed by atoms with Crippen molar-refractivity contribution in [3.05, 3.63) is 133 Å². The maximum absolute atomic E-state index is 14.2. The van der Waals surface area contributed by atoms with Gasteiger partial charge in [-0.1, -0.05) is 109 Å². The Balaban J connectivity index is 1.72. The van der Waals surface area contributed by atoms with Crippen LogP contribution in [0.3, 0.4) is 0 Å². The van der Waals surface area contributed by atoms with Crippen LogP contribution < -0.4 is 0 Å². The molecule has 174 valence electrons. The van der Waals surface area contributed by atoms with E-state index in [-0.39, 0.29) is 0 Å². The lowest BCUT2D eigenvalue weighted by molar-refractivity contribution is 0.596. The summed E-state index contributed by atoms with van der Waals surface area (Å²) in [6, 6.07) is 41.4. The van der Waals surface area contributed by atoms with Crippen molar-refractivity contribution in [2.45, 2.75) is 16.7 Å². The molecule has 0 aliphatic heterocycles. The normalized spacial score (nSPS) is 11.7. The van der Waals surface area contributed by atoms with Crippen LogP contribution in [0.15, 0.2) is 137 Å². The lowest BCUT2D eigenvalue weighted by atomic mass is 9.91. The second kappa shape index (κ2) is 8.78. The van der Waals surface area contributed by atoms with Crippen molar-refractivity contribution in [3.63, 3.8) is 0 Å². The first kappa shape index (κ1) is 22.3. The van der Waals surface area contributed by atoms with E-state index in [2.05, 4.69) is 30.3 Å². The first-order chi connectivity index (χ1) is 17.5. The monoisotopic (exact) mass is 484 g/mol. The molecule has 0 aromatic heterocycles. The van der Waals surface area contributed by atoms with Gasteiger partial charge in [-0.15, -0.1) is 0 Å². The molecule has 0 spiro atoms. The molecule has 6 aromatic carbocycles. The summed E-state index contributed by atoms with van der Waals surface area (Å²) in [6.45, 7) is 1.96. The zero-order valence-corrected chi connectivity index (χ0v) is 20.7. The molecule has 0 heterocycles. The summed E-state index contributed by atoms with van der Waals surface area (Å²) in [5.41, 5.74) is 4.52. The third-order valence-corrected chi connectivity index (χ3v) is 8.56. The minimum absolute atomic E-state index is 0.295. The summed E-state index contributed by atoms with van der Waals surface area (Å²) in [5.74, 6) is 0. The van der Waals surface area contributed by atoms with Crippen molar-refractivity contribution in [2.24, 2.45) is 0 Å². The van der Waals surface area contributed by atoms with E-state index in [0.717, 1.165) is 43.8 Å². The van der Waals surface area contributed by atoms with Gasteiger partial charge in [-0.25, -0.2) is 8.42 Å². The van der Waals surface area contributed by atoms with Crippen molar-refractivity contribution < 1.29 is 8.42 Å². The molecular formula is C33H24O2S. The van der Waals surface area contributed by atoms with E-state index in [4.69, 9.17) is 0 Å². The number of sulfone groups is 1. The second-order valence-corrected chi connectivity index (χ2v) is 11.0. The average Bonchev–Trinajstić information content (AvgIpc) is 2.92. The van der Waals surface area contributed by atoms with Crippen molar-refractivity contribution in [1.82, 2.24) is 0 Å². The number of hydrogen-bond donors (Lipinski definition) is 0. The van der Waals surface area contributed by atoms with E-state index in [9.17, 15) is 8.42 Å². The number of aryl methyl sites for hydroxylation is 1. The number of rotatable bonds is 4. The third-order valence-electron chi connectivity index (χ3n) is 6.75. The molecule has 0 unspecified atom stereocenters. The van der Waals surface area contributed by atoms with Gasteiger partial charge in [0.1, 0.15) is 0 Å². The Labute approximate surface area is 211 Å². The molecule has 0 amide bonds. The van der Waals surface area contributed by atoms with Gasteiger partial charge in [0.25, 0.3) is 0 Å². The van der Waals surface area contributed by atoms with Gasteiger partial charge in [0.15, 0.2) is 0 Å². The Morgan fingerprint density at radius 3 is 1.75 bits per heavy atom. The molecule has 6 aromatic rings. The zero-order valence-electron chi connectivity index (χ0n) is 19.8. The molecule has 0 saturated carbocycles. The maximum atomic E-state index is 14.2. The molecule has 6 rings (SSSR count). The number of benzene rings is 6. The van der Waals surface area contributed by atoms with Gasteiger partial charge in [0, 0.05) is 5.56 Å². The van der Waals surface area contributed by atoms with E-state index in [0.29, 0.717) is 15.4 Å². The Kier molecular flexibility index (Phi) is 5.43. The van der Waals surface area contributed by atoms with Gasteiger partial charge in [-0.05, 0) is 69.4 Å². The molecule has 0 bridgehead atoms. The second-order valence-electron chi connectivity index (χ2n) is 9.09. The molecule has 0 fully saturated rings. The Morgan fingerprint density at radius 2 is 1.11 bits per heavy atom. The van der Waals surface area contributed by atoms with E-state index in [1.807, 2.05) is 91.9 Å². The predicted molar refractivity (Wildman–Crippen MR) is 149 cm³/mol. The van der Waals surface area contributed by atoms with Crippen LogP contribution in [0.5, 0.6) is 0 Å². The average molecular weight is 485 g/mol. The van der Waals surface area contributed by atoms with E-state index in [1.165, 1.54) is 0 Å². The summed E-state index contributed by atoms with van der Waals surface area (Å²) < 4.78 is 28.4. The Hall–Kier alpha value is -4.21. The highest BCUT2D eigenvalue weighted by Gasteiger charge is 2.25. The lowest BCUT2D eigenvalue weighted by Gasteiger charge is -2.17. The summed E-state index contributed by atoms with van der Waals surface area (Å²) in [4.78, 5) is 0.610. The van der Waals surface area contributed by atoms with Crippen LogP contribution in [0.2, 0.25) is 0 Å². The molecular weight excluding hydrogens is 460 g/mol. The molecule has 0 radical (unpaired) electrons. The summed E-state index contributed by atoms with van der Waals surface area (Å²) >= 11 is 0. The summed E-state index contributed by atoms with van der Waals surface area (Å²) in [6.07, 6.45) is 0. The minimum atomic E-state index is -3.80. The van der Waals surface area contributed by atoms with Crippen LogP contribution in [-0.4, -0.2) is 8.42 Å². The zero-order chi connectivity index (χ0) is 24.7. The fourth-order valence-corrected chi connectivity index (χ4v) is 6.40. The predicted octanol–water partition coefficient (Wildman–Crippen LogP) is 8.47. The van der Waals surface area contributed by atoms with Gasteiger partial charge >= 0.3 is 0 Å². The lowest BCUT2D eigenvalue weighted by Crippen LogP contribution is -2.05. The number of fused-ring (bicyclic) bond motifs is 2. The van der Waals surface area contributed by atoms with Crippen LogP contribution in [0, 0.1) is 6.92 Å². The van der Waals surface area contributed by atoms with Crippen LogP contribution >= 0.6 is 0 Å². The van der Waals surface area contributed by atoms with Crippen LogP contribution in [0.4, 0.5) is 0 Å². The van der Waals surface area contributed by atoms with Crippen LogP contribution in [-0.2, 0) is 9.84 Å². The third kappa shape index (κ3) is 3.78. The van der Waals surface area contributed by atoms with Crippen molar-refractivity contribution in [2.75, 3.05) is 0 Å².